The SMILES string of the molecule is CCOC(=O)c1cccc(-c2cc([N+](=O)[O-])c3oc(=O)c(C#N)cc3c2)c1. The van der Waals surface area contributed by atoms with Crippen molar-refractivity contribution >= 4 is 22.6 Å². The number of nitriles is 1. The van der Waals surface area contributed by atoms with Crippen molar-refractivity contribution in [2.75, 3.05) is 6.61 Å². The maximum absolute atomic E-state index is 11.9. The minimum atomic E-state index is -0.940. The Kier molecular flexibility index (Phi) is 4.68. The molecule has 0 N–H and O–H groups in total. The highest BCUT2D eigenvalue weighted by molar-refractivity contribution is 5.94. The summed E-state index contributed by atoms with van der Waals surface area (Å²) in [5.41, 5.74) is -0.554. The fourth-order valence-electron chi connectivity index (χ4n) is 2.64. The number of benzene rings is 2. The van der Waals surface area contributed by atoms with Crippen molar-refractivity contribution < 1.29 is 18.9 Å². The van der Waals surface area contributed by atoms with Crippen LogP contribution in [-0.2, 0) is 4.74 Å². The van der Waals surface area contributed by atoms with Crippen LogP contribution in [0, 0.1) is 21.4 Å². The van der Waals surface area contributed by atoms with E-state index in [-0.39, 0.29) is 23.1 Å². The molecule has 2 aromatic carbocycles. The van der Waals surface area contributed by atoms with Crippen molar-refractivity contribution in [1.29, 1.82) is 5.26 Å². The van der Waals surface area contributed by atoms with Crippen molar-refractivity contribution in [3.8, 4) is 17.2 Å². The molecule has 0 spiro atoms. The number of carbonyl (C=O) groups excluding carboxylic acids is 1. The Morgan fingerprint density at radius 1 is 1.26 bits per heavy atom. The summed E-state index contributed by atoms with van der Waals surface area (Å²) in [4.78, 5) is 34.4. The summed E-state index contributed by atoms with van der Waals surface area (Å²) < 4.78 is 9.93. The van der Waals surface area contributed by atoms with Crippen LogP contribution in [-0.4, -0.2) is 17.5 Å². The predicted octanol–water partition coefficient (Wildman–Crippen LogP) is 3.42. The van der Waals surface area contributed by atoms with E-state index >= 15 is 0 Å². The lowest BCUT2D eigenvalue weighted by molar-refractivity contribution is -0.383. The number of carbonyl (C=O) groups is 1. The standard InChI is InChI=1S/C19H12N2O6/c1-2-26-18(22)12-5-3-4-11(6-12)13-7-14-8-15(10-20)19(23)27-17(14)16(9-13)21(24)25/h3-9H,2H2,1H3. The molecule has 0 saturated heterocycles. The van der Waals surface area contributed by atoms with Gasteiger partial charge in [0.15, 0.2) is 0 Å². The first-order valence-corrected chi connectivity index (χ1v) is 7.88. The third-order valence-corrected chi connectivity index (χ3v) is 3.84. The van der Waals surface area contributed by atoms with E-state index < -0.39 is 22.2 Å². The third kappa shape index (κ3) is 3.39. The second-order valence-corrected chi connectivity index (χ2v) is 5.53. The summed E-state index contributed by atoms with van der Waals surface area (Å²) in [6.45, 7) is 1.91. The lowest BCUT2D eigenvalue weighted by atomic mass is 10.00. The van der Waals surface area contributed by atoms with E-state index in [1.165, 1.54) is 12.1 Å². The van der Waals surface area contributed by atoms with E-state index in [4.69, 9.17) is 14.4 Å². The maximum Gasteiger partial charge on any atom is 0.354 e. The number of non-ortho nitro benzene ring substituents is 1. The molecule has 27 heavy (non-hydrogen) atoms. The summed E-state index contributed by atoms with van der Waals surface area (Å²) in [5.74, 6) is -0.507. The molecule has 0 radical (unpaired) electrons. The van der Waals surface area contributed by atoms with E-state index in [2.05, 4.69) is 0 Å². The fourth-order valence-corrected chi connectivity index (χ4v) is 2.64. The molecular formula is C19H12N2O6. The monoisotopic (exact) mass is 364 g/mol. The number of fused-ring (bicyclic) bond motifs is 1. The van der Waals surface area contributed by atoms with Gasteiger partial charge in [-0.05, 0) is 42.3 Å². The number of hydrogen-bond donors (Lipinski definition) is 0. The van der Waals surface area contributed by atoms with Gasteiger partial charge >= 0.3 is 17.3 Å². The van der Waals surface area contributed by atoms with E-state index in [1.54, 1.807) is 43.3 Å². The van der Waals surface area contributed by atoms with Crippen LogP contribution in [0.3, 0.4) is 0 Å². The van der Waals surface area contributed by atoms with Crippen molar-refractivity contribution in [2.45, 2.75) is 6.92 Å². The number of ether oxygens (including phenoxy) is 1. The number of nitro benzene ring substituents is 1. The Balaban J connectivity index is 2.24. The number of nitrogens with zero attached hydrogens (tertiary/aromatic N) is 2. The highest BCUT2D eigenvalue weighted by Crippen LogP contribution is 2.32. The highest BCUT2D eigenvalue weighted by atomic mass is 16.6. The normalized spacial score (nSPS) is 10.4. The molecule has 0 amide bonds. The van der Waals surface area contributed by atoms with E-state index in [9.17, 15) is 19.7 Å². The van der Waals surface area contributed by atoms with Crippen LogP contribution >= 0.6 is 0 Å². The number of esters is 1. The molecule has 1 heterocycles. The lowest BCUT2D eigenvalue weighted by Crippen LogP contribution is -2.05. The number of hydrogen-bond acceptors (Lipinski definition) is 7. The van der Waals surface area contributed by atoms with Crippen LogP contribution in [0.4, 0.5) is 5.69 Å². The minimum absolute atomic E-state index is 0.214. The van der Waals surface area contributed by atoms with Crippen molar-refractivity contribution in [1.82, 2.24) is 0 Å². The van der Waals surface area contributed by atoms with Crippen LogP contribution in [0.1, 0.15) is 22.8 Å². The molecule has 0 fully saturated rings. The van der Waals surface area contributed by atoms with Gasteiger partial charge in [0, 0.05) is 11.5 Å². The summed E-state index contributed by atoms with van der Waals surface area (Å²) in [6, 6.07) is 12.2. The van der Waals surface area contributed by atoms with Gasteiger partial charge in [0.25, 0.3) is 0 Å². The second-order valence-electron chi connectivity index (χ2n) is 5.53. The molecule has 0 aliphatic rings. The summed E-state index contributed by atoms with van der Waals surface area (Å²) in [7, 11) is 0. The predicted molar refractivity (Wildman–Crippen MR) is 95.2 cm³/mol. The molecule has 0 aliphatic carbocycles. The van der Waals surface area contributed by atoms with Crippen molar-refractivity contribution in [2.24, 2.45) is 0 Å². The molecule has 0 saturated carbocycles. The molecule has 134 valence electrons. The molecule has 0 bridgehead atoms. The van der Waals surface area contributed by atoms with Gasteiger partial charge in [-0.3, -0.25) is 10.1 Å². The molecule has 8 heteroatoms. The lowest BCUT2D eigenvalue weighted by Gasteiger charge is -2.07. The second kappa shape index (κ2) is 7.09. The minimum Gasteiger partial charge on any atom is -0.462 e. The number of rotatable bonds is 4. The Labute approximate surface area is 152 Å². The van der Waals surface area contributed by atoms with Gasteiger partial charge in [-0.25, -0.2) is 9.59 Å². The quantitative estimate of drug-likeness (QED) is 0.301. The van der Waals surface area contributed by atoms with Gasteiger partial charge in [0.1, 0.15) is 11.6 Å². The van der Waals surface area contributed by atoms with E-state index in [0.29, 0.717) is 16.7 Å². The Bertz CT molecular complexity index is 1170. The van der Waals surface area contributed by atoms with Gasteiger partial charge in [-0.2, -0.15) is 5.26 Å². The van der Waals surface area contributed by atoms with Gasteiger partial charge in [0.05, 0.1) is 17.1 Å². The van der Waals surface area contributed by atoms with E-state index in [1.807, 2.05) is 0 Å². The fraction of sp³-hybridized carbons (Fsp3) is 0.105. The zero-order chi connectivity index (χ0) is 19.6. The topological polar surface area (TPSA) is 123 Å². The van der Waals surface area contributed by atoms with Crippen LogP contribution in [0.5, 0.6) is 0 Å². The summed E-state index contributed by atoms with van der Waals surface area (Å²) in [6.07, 6.45) is 0. The average Bonchev–Trinajstić information content (AvgIpc) is 2.66. The van der Waals surface area contributed by atoms with Gasteiger partial charge in [0.2, 0.25) is 5.58 Å². The molecule has 0 unspecified atom stereocenters. The molecule has 1 aromatic heterocycles. The number of nitro groups is 1. The van der Waals surface area contributed by atoms with E-state index in [0.717, 1.165) is 0 Å². The molecule has 3 rings (SSSR count). The summed E-state index contributed by atoms with van der Waals surface area (Å²) >= 11 is 0. The third-order valence-electron chi connectivity index (χ3n) is 3.84. The highest BCUT2D eigenvalue weighted by Gasteiger charge is 2.19. The first-order chi connectivity index (χ1) is 12.9. The Hall–Kier alpha value is -3.99. The first-order valence-electron chi connectivity index (χ1n) is 7.88. The molecular weight excluding hydrogens is 352 g/mol. The van der Waals surface area contributed by atoms with Crippen LogP contribution in [0.25, 0.3) is 22.1 Å². The van der Waals surface area contributed by atoms with Crippen LogP contribution in [0.15, 0.2) is 51.7 Å². The Morgan fingerprint density at radius 2 is 2.04 bits per heavy atom. The largest absolute Gasteiger partial charge is 0.462 e. The van der Waals surface area contributed by atoms with Gasteiger partial charge < -0.3 is 9.15 Å². The average molecular weight is 364 g/mol. The Morgan fingerprint density at radius 3 is 2.70 bits per heavy atom. The first kappa shape index (κ1) is 17.8. The van der Waals surface area contributed by atoms with Crippen molar-refractivity contribution in [3.05, 3.63) is 74.1 Å². The van der Waals surface area contributed by atoms with Crippen LogP contribution < -0.4 is 5.63 Å². The van der Waals surface area contributed by atoms with Gasteiger partial charge in [-0.1, -0.05) is 12.1 Å². The van der Waals surface area contributed by atoms with Gasteiger partial charge in [-0.15, -0.1) is 0 Å². The molecule has 0 atom stereocenters. The maximum atomic E-state index is 11.9. The molecule has 8 nitrogen and oxygen atoms in total. The zero-order valence-electron chi connectivity index (χ0n) is 14.1. The molecule has 3 aromatic rings. The van der Waals surface area contributed by atoms with Crippen molar-refractivity contribution in [3.63, 3.8) is 0 Å². The smallest absolute Gasteiger partial charge is 0.354 e. The zero-order valence-corrected chi connectivity index (χ0v) is 14.1. The van der Waals surface area contributed by atoms with Crippen LogP contribution in [0.2, 0.25) is 0 Å². The molecule has 0 aliphatic heterocycles. The summed E-state index contributed by atoms with van der Waals surface area (Å²) in [5, 5.41) is 20.7.